The van der Waals surface area contributed by atoms with E-state index in [9.17, 15) is 13.2 Å². The van der Waals surface area contributed by atoms with E-state index < -0.39 is 6.36 Å². The average Bonchev–Trinajstić information content (AvgIpc) is 2.45. The summed E-state index contributed by atoms with van der Waals surface area (Å²) in [4.78, 5) is 0. The minimum Gasteiger partial charge on any atom is -0.406 e. The van der Waals surface area contributed by atoms with E-state index in [-0.39, 0.29) is 5.75 Å². The number of nitrogens with one attached hydrogen (secondary N) is 1. The first kappa shape index (κ1) is 14.8. The van der Waals surface area contributed by atoms with Gasteiger partial charge in [-0.1, -0.05) is 30.0 Å². The predicted octanol–water partition coefficient (Wildman–Crippen LogP) is 4.05. The Labute approximate surface area is 120 Å². The smallest absolute Gasteiger partial charge is 0.406 e. The molecule has 1 N–H and O–H groups in total. The Morgan fingerprint density at radius 1 is 0.952 bits per heavy atom. The molecule has 0 atom stereocenters. The molecule has 0 spiro atoms. The molecule has 0 amide bonds. The van der Waals surface area contributed by atoms with Gasteiger partial charge in [0, 0.05) is 11.3 Å². The second-order valence-corrected chi connectivity index (χ2v) is 4.09. The molecule has 0 saturated heterocycles. The maximum Gasteiger partial charge on any atom is 0.573 e. The number of anilines is 1. The van der Waals surface area contributed by atoms with Crippen molar-refractivity contribution in [2.24, 2.45) is 0 Å². The van der Waals surface area contributed by atoms with Gasteiger partial charge >= 0.3 is 6.36 Å². The van der Waals surface area contributed by atoms with Crippen molar-refractivity contribution in [1.29, 1.82) is 0 Å². The molecule has 0 bridgehead atoms. The Kier molecular flexibility index (Phi) is 4.72. The number of rotatable bonds is 3. The fourth-order valence-corrected chi connectivity index (χ4v) is 1.59. The van der Waals surface area contributed by atoms with Crippen LogP contribution in [0.3, 0.4) is 0 Å². The first-order valence-corrected chi connectivity index (χ1v) is 6.16. The highest BCUT2D eigenvalue weighted by Gasteiger charge is 2.30. The fraction of sp³-hybridized carbons (Fsp3) is 0.125. The summed E-state index contributed by atoms with van der Waals surface area (Å²) in [7, 11) is 0. The maximum absolute atomic E-state index is 12.0. The fourth-order valence-electron chi connectivity index (χ4n) is 1.59. The first-order valence-electron chi connectivity index (χ1n) is 6.16. The molecule has 2 rings (SSSR count). The predicted molar refractivity (Wildman–Crippen MR) is 74.9 cm³/mol. The molecule has 5 heteroatoms. The Morgan fingerprint density at radius 2 is 1.62 bits per heavy atom. The quantitative estimate of drug-likeness (QED) is 0.861. The number of ether oxygens (including phenoxy) is 1. The maximum atomic E-state index is 12.0. The van der Waals surface area contributed by atoms with E-state index in [1.54, 1.807) is 0 Å². The molecule has 2 aromatic rings. The molecule has 0 aliphatic rings. The molecule has 0 aromatic heterocycles. The largest absolute Gasteiger partial charge is 0.573 e. The number of hydrogen-bond donors (Lipinski definition) is 1. The van der Waals surface area contributed by atoms with Gasteiger partial charge in [-0.05, 0) is 36.4 Å². The third-order valence-electron chi connectivity index (χ3n) is 2.48. The first-order chi connectivity index (χ1) is 10.0. The second kappa shape index (κ2) is 6.71. The van der Waals surface area contributed by atoms with Crippen LogP contribution in [0.4, 0.5) is 18.9 Å². The molecule has 0 unspecified atom stereocenters. The minimum absolute atomic E-state index is 0.247. The van der Waals surface area contributed by atoms with E-state index in [1.807, 2.05) is 30.3 Å². The number of halogens is 3. The van der Waals surface area contributed by atoms with Gasteiger partial charge < -0.3 is 10.1 Å². The van der Waals surface area contributed by atoms with Crippen LogP contribution in [-0.4, -0.2) is 12.9 Å². The van der Waals surface area contributed by atoms with Gasteiger partial charge in [-0.15, -0.1) is 13.2 Å². The number of hydrogen-bond acceptors (Lipinski definition) is 2. The minimum atomic E-state index is -4.67. The van der Waals surface area contributed by atoms with Crippen LogP contribution in [0.2, 0.25) is 0 Å². The Hall–Kier alpha value is -2.61. The lowest BCUT2D eigenvalue weighted by Crippen LogP contribution is -2.17. The van der Waals surface area contributed by atoms with Gasteiger partial charge in [-0.2, -0.15) is 0 Å². The zero-order valence-electron chi connectivity index (χ0n) is 10.9. The molecule has 108 valence electrons. The highest BCUT2D eigenvalue weighted by Crippen LogP contribution is 2.23. The van der Waals surface area contributed by atoms with Crippen molar-refractivity contribution in [2.45, 2.75) is 6.36 Å². The van der Waals surface area contributed by atoms with Crippen molar-refractivity contribution in [3.8, 4) is 17.6 Å². The van der Waals surface area contributed by atoms with Crippen LogP contribution in [0.25, 0.3) is 0 Å². The topological polar surface area (TPSA) is 21.3 Å². The van der Waals surface area contributed by atoms with Crippen molar-refractivity contribution in [2.75, 3.05) is 11.9 Å². The molecule has 2 aromatic carbocycles. The van der Waals surface area contributed by atoms with Crippen molar-refractivity contribution >= 4 is 5.69 Å². The normalized spacial score (nSPS) is 10.4. The van der Waals surface area contributed by atoms with Crippen LogP contribution in [0.5, 0.6) is 5.75 Å². The summed E-state index contributed by atoms with van der Waals surface area (Å²) in [6.07, 6.45) is -4.67. The summed E-state index contributed by atoms with van der Waals surface area (Å²) in [5.74, 6) is 5.66. The molecule has 0 aliphatic heterocycles. The van der Waals surface area contributed by atoms with Crippen molar-refractivity contribution in [1.82, 2.24) is 0 Å². The monoisotopic (exact) mass is 291 g/mol. The molecular weight excluding hydrogens is 279 g/mol. The Bertz CT molecular complexity index is 625. The van der Waals surface area contributed by atoms with Crippen LogP contribution in [-0.2, 0) is 0 Å². The molecular formula is C16H12F3NO. The van der Waals surface area contributed by atoms with Gasteiger partial charge in [-0.25, -0.2) is 0 Å². The summed E-state index contributed by atoms with van der Waals surface area (Å²) in [5.41, 5.74) is 1.58. The number of benzene rings is 2. The van der Waals surface area contributed by atoms with Crippen molar-refractivity contribution in [3.05, 3.63) is 60.2 Å². The highest BCUT2D eigenvalue weighted by atomic mass is 19.4. The zero-order valence-corrected chi connectivity index (χ0v) is 10.9. The van der Waals surface area contributed by atoms with Crippen LogP contribution in [0, 0.1) is 11.8 Å². The molecule has 0 radical (unpaired) electrons. The van der Waals surface area contributed by atoms with Crippen LogP contribution < -0.4 is 10.1 Å². The van der Waals surface area contributed by atoms with Crippen LogP contribution >= 0.6 is 0 Å². The standard InChI is InChI=1S/C16H12F3NO/c17-16(18,19)21-15-10-8-14(9-11-15)20-12-4-7-13-5-2-1-3-6-13/h1-3,5-6,8-11,20H,12H2. The average molecular weight is 291 g/mol. The summed E-state index contributed by atoms with van der Waals surface area (Å²) < 4.78 is 39.8. The molecule has 0 fully saturated rings. The van der Waals surface area contributed by atoms with Crippen LogP contribution in [0.15, 0.2) is 54.6 Å². The molecule has 2 nitrogen and oxygen atoms in total. The summed E-state index contributed by atoms with van der Waals surface area (Å²) >= 11 is 0. The SMILES string of the molecule is FC(F)(F)Oc1ccc(NCC#Cc2ccccc2)cc1. The van der Waals surface area contributed by atoms with E-state index >= 15 is 0 Å². The number of alkyl halides is 3. The van der Waals surface area contributed by atoms with Gasteiger partial charge in [0.05, 0.1) is 6.54 Å². The lowest BCUT2D eigenvalue weighted by molar-refractivity contribution is -0.274. The molecule has 0 aliphatic carbocycles. The van der Waals surface area contributed by atoms with Crippen molar-refractivity contribution in [3.63, 3.8) is 0 Å². The molecule has 21 heavy (non-hydrogen) atoms. The van der Waals surface area contributed by atoms with Gasteiger partial charge in [0.2, 0.25) is 0 Å². The van der Waals surface area contributed by atoms with Gasteiger partial charge in [0.15, 0.2) is 0 Å². The van der Waals surface area contributed by atoms with Gasteiger partial charge in [0.1, 0.15) is 5.75 Å². The second-order valence-electron chi connectivity index (χ2n) is 4.09. The van der Waals surface area contributed by atoms with E-state index in [0.29, 0.717) is 12.2 Å². The third-order valence-corrected chi connectivity index (χ3v) is 2.48. The molecule has 0 saturated carbocycles. The Balaban J connectivity index is 1.86. The van der Waals surface area contributed by atoms with Crippen LogP contribution in [0.1, 0.15) is 5.56 Å². The van der Waals surface area contributed by atoms with Gasteiger partial charge in [0.25, 0.3) is 0 Å². The third kappa shape index (κ3) is 5.49. The lowest BCUT2D eigenvalue weighted by atomic mass is 10.2. The summed E-state index contributed by atoms with van der Waals surface area (Å²) in [5, 5.41) is 2.99. The Morgan fingerprint density at radius 3 is 2.24 bits per heavy atom. The summed E-state index contributed by atoms with van der Waals surface area (Å²) in [6, 6.07) is 15.0. The lowest BCUT2D eigenvalue weighted by Gasteiger charge is -2.09. The zero-order chi connectivity index (χ0) is 15.1. The van der Waals surface area contributed by atoms with E-state index in [1.165, 1.54) is 24.3 Å². The molecule has 0 heterocycles. The van der Waals surface area contributed by atoms with E-state index in [4.69, 9.17) is 0 Å². The van der Waals surface area contributed by atoms with E-state index in [0.717, 1.165) is 5.56 Å². The van der Waals surface area contributed by atoms with E-state index in [2.05, 4.69) is 21.9 Å². The highest BCUT2D eigenvalue weighted by molar-refractivity contribution is 5.47. The van der Waals surface area contributed by atoms with Crippen molar-refractivity contribution < 1.29 is 17.9 Å². The van der Waals surface area contributed by atoms with Gasteiger partial charge in [-0.3, -0.25) is 0 Å². The summed E-state index contributed by atoms with van der Waals surface area (Å²) in [6.45, 7) is 0.397.